The summed E-state index contributed by atoms with van der Waals surface area (Å²) in [7, 11) is 0. The number of alkyl halides is 1. The fraction of sp³-hybridized carbons (Fsp3) is 0.486. The van der Waals surface area contributed by atoms with Crippen LogP contribution in [-0.4, -0.2) is 42.4 Å². The number of carbonyl (C=O) groups is 1. The maximum Gasteiger partial charge on any atom is 0.404 e. The predicted octanol–water partition coefficient (Wildman–Crippen LogP) is 9.75. The van der Waals surface area contributed by atoms with Crippen molar-refractivity contribution < 1.29 is 18.7 Å². The molecule has 2 aliphatic rings. The Morgan fingerprint density at radius 1 is 0.767 bits per heavy atom. The minimum absolute atomic E-state index is 0.0948. The average Bonchev–Trinajstić information content (AvgIpc) is 3.67. The molecule has 0 radical (unpaired) electrons. The molecule has 1 N–H and O–H groups in total. The van der Waals surface area contributed by atoms with Crippen LogP contribution < -0.4 is 14.8 Å². The third-order valence-electron chi connectivity index (χ3n) is 5.41. The van der Waals surface area contributed by atoms with Crippen LogP contribution in [0.15, 0.2) is 84.9 Å². The number of Topliss-reactive ketones (excluding diaryl/α,β-unsaturated/α-hetero) is 1. The van der Waals surface area contributed by atoms with E-state index in [1.165, 1.54) is 32.2 Å². The van der Waals surface area contributed by atoms with E-state index in [1.807, 2.05) is 62.4 Å². The first kappa shape index (κ1) is 37.6. The van der Waals surface area contributed by atoms with Gasteiger partial charge in [-0.25, -0.2) is 0 Å². The van der Waals surface area contributed by atoms with Crippen LogP contribution in [0.1, 0.15) is 79.6 Å². The van der Waals surface area contributed by atoms with Crippen molar-refractivity contribution in [1.82, 2.24) is 4.90 Å². The van der Waals surface area contributed by atoms with Gasteiger partial charge in [0.05, 0.1) is 0 Å². The first-order chi connectivity index (χ1) is 20.2. The van der Waals surface area contributed by atoms with Gasteiger partial charge in [0, 0.05) is 49.8 Å². The number of carbonyl (C=O) groups excluding carboxylic acids is 1. The molecule has 6 heteroatoms. The summed E-state index contributed by atoms with van der Waals surface area (Å²) < 4.78 is 22.6. The number of halogens is 1. The van der Waals surface area contributed by atoms with Crippen molar-refractivity contribution in [2.45, 2.75) is 81.3 Å². The lowest BCUT2D eigenvalue weighted by Gasteiger charge is -2.10. The summed E-state index contributed by atoms with van der Waals surface area (Å²) >= 11 is 0. The zero-order valence-electron chi connectivity index (χ0n) is 28.1. The first-order valence-corrected chi connectivity index (χ1v) is 15.5. The van der Waals surface area contributed by atoms with Gasteiger partial charge in [0.15, 0.2) is 17.3 Å². The number of nitrogens with one attached hydrogen (secondary N) is 1. The van der Waals surface area contributed by atoms with Crippen molar-refractivity contribution in [2.75, 3.05) is 25.0 Å². The lowest BCUT2D eigenvalue weighted by molar-refractivity contribution is -0.173. The molecule has 0 bridgehead atoms. The Bertz CT molecular complexity index is 1120. The van der Waals surface area contributed by atoms with Gasteiger partial charge in [-0.2, -0.15) is 4.39 Å². The fourth-order valence-corrected chi connectivity index (χ4v) is 3.61. The quantitative estimate of drug-likeness (QED) is 0.227. The van der Waals surface area contributed by atoms with Gasteiger partial charge in [-0.05, 0) is 49.9 Å². The number of rotatable bonds is 6. The number of benzene rings is 3. The number of anilines is 1. The molecule has 1 saturated heterocycles. The van der Waals surface area contributed by atoms with Crippen molar-refractivity contribution in [3.8, 4) is 11.5 Å². The highest BCUT2D eigenvalue weighted by Crippen LogP contribution is 2.39. The Hall–Kier alpha value is -3.38. The number of hydrogen-bond acceptors (Lipinski definition) is 5. The molecular formula is C37H55FN2O3. The number of hydrogen-bond donors (Lipinski definition) is 1. The van der Waals surface area contributed by atoms with E-state index >= 15 is 0 Å². The van der Waals surface area contributed by atoms with Crippen LogP contribution in [0.25, 0.3) is 0 Å². The molecule has 238 valence electrons. The molecule has 2 aliphatic heterocycles. The summed E-state index contributed by atoms with van der Waals surface area (Å²) in [6.45, 7) is 24.3. The van der Waals surface area contributed by atoms with E-state index in [0.717, 1.165) is 17.4 Å². The van der Waals surface area contributed by atoms with Gasteiger partial charge in [0.2, 0.25) is 0 Å². The van der Waals surface area contributed by atoms with E-state index in [2.05, 4.69) is 70.8 Å². The Labute approximate surface area is 260 Å². The lowest BCUT2D eigenvalue weighted by Crippen LogP contribution is -2.27. The van der Waals surface area contributed by atoms with Crippen LogP contribution in [0.5, 0.6) is 11.5 Å². The Morgan fingerprint density at radius 2 is 1.19 bits per heavy atom. The topological polar surface area (TPSA) is 50.6 Å². The van der Waals surface area contributed by atoms with Gasteiger partial charge >= 0.3 is 6.04 Å². The van der Waals surface area contributed by atoms with E-state index in [4.69, 9.17) is 9.47 Å². The number of ketones is 1. The van der Waals surface area contributed by atoms with E-state index in [1.54, 1.807) is 24.3 Å². The van der Waals surface area contributed by atoms with E-state index < -0.39 is 6.04 Å². The second-order valence-electron chi connectivity index (χ2n) is 12.5. The van der Waals surface area contributed by atoms with Crippen molar-refractivity contribution >= 4 is 11.5 Å². The SMILES string of the molecule is CC(C)C.CC(C)C(=O)c1ccccc1.CC(C)CN1CC1.CC(C)Nc1ccccc1.CC1(F)Oc2ccccc2O1. The van der Waals surface area contributed by atoms with Crippen LogP contribution in [0.4, 0.5) is 10.1 Å². The third-order valence-corrected chi connectivity index (χ3v) is 5.41. The summed E-state index contributed by atoms with van der Waals surface area (Å²) in [4.78, 5) is 13.8. The van der Waals surface area contributed by atoms with Crippen molar-refractivity contribution in [2.24, 2.45) is 17.8 Å². The maximum absolute atomic E-state index is 13.0. The molecule has 43 heavy (non-hydrogen) atoms. The van der Waals surface area contributed by atoms with E-state index in [0.29, 0.717) is 17.5 Å². The minimum atomic E-state index is -2.00. The summed E-state index contributed by atoms with van der Waals surface area (Å²) in [6.07, 6.45) is 0. The van der Waals surface area contributed by atoms with Crippen LogP contribution in [0, 0.1) is 17.8 Å². The van der Waals surface area contributed by atoms with Crippen LogP contribution in [-0.2, 0) is 0 Å². The Kier molecular flexibility index (Phi) is 17.3. The Morgan fingerprint density at radius 3 is 1.53 bits per heavy atom. The number of fused-ring (bicyclic) bond motifs is 1. The summed E-state index contributed by atoms with van der Waals surface area (Å²) in [6, 6.07) is 25.0. The van der Waals surface area contributed by atoms with E-state index in [-0.39, 0.29) is 11.7 Å². The first-order valence-electron chi connectivity index (χ1n) is 15.5. The summed E-state index contributed by atoms with van der Waals surface area (Å²) in [5, 5.41) is 3.30. The van der Waals surface area contributed by atoms with Crippen molar-refractivity contribution in [3.05, 3.63) is 90.5 Å². The molecule has 0 spiro atoms. The smallest absolute Gasteiger partial charge is 0.404 e. The van der Waals surface area contributed by atoms with Crippen LogP contribution >= 0.6 is 0 Å². The normalized spacial score (nSPS) is 13.8. The molecule has 0 aliphatic carbocycles. The molecule has 0 saturated carbocycles. The average molecular weight is 595 g/mol. The number of nitrogens with zero attached hydrogens (tertiary/aromatic N) is 1. The van der Waals surface area contributed by atoms with Gasteiger partial charge in [0.25, 0.3) is 0 Å². The number of ether oxygens (including phenoxy) is 2. The standard InChI is InChI=1S/C10H12O.C9H13N.C8H7FO2.C6H13N.C4H10/c1-8(2)10(11)9-6-4-3-5-7-9;1-8(2)10-9-6-4-3-5-7-9;1-8(9)10-6-4-2-3-5-7(6)11-8;1-6(2)5-7-3-4-7;1-4(2)3/h3-8H,1-2H3;3-8,10H,1-2H3;2-5H,1H3;6H,3-5H2,1-2H3;4H,1-3H3. The predicted molar refractivity (Wildman–Crippen MR) is 180 cm³/mol. The maximum atomic E-state index is 13.0. The summed E-state index contributed by atoms with van der Waals surface area (Å²) in [5.41, 5.74) is 2.00. The molecular weight excluding hydrogens is 539 g/mol. The van der Waals surface area contributed by atoms with Crippen molar-refractivity contribution in [1.29, 1.82) is 0 Å². The largest absolute Gasteiger partial charge is 0.423 e. The zero-order valence-corrected chi connectivity index (χ0v) is 28.1. The number of para-hydroxylation sites is 3. The lowest BCUT2D eigenvalue weighted by atomic mass is 10.0. The Balaban J connectivity index is 0.000000278. The van der Waals surface area contributed by atoms with Crippen molar-refractivity contribution in [3.63, 3.8) is 0 Å². The molecule has 3 aromatic rings. The molecule has 0 amide bonds. The molecule has 3 aromatic carbocycles. The van der Waals surface area contributed by atoms with E-state index in [9.17, 15) is 9.18 Å². The molecule has 0 aromatic heterocycles. The van der Waals surface area contributed by atoms with Gasteiger partial charge in [-0.15, -0.1) is 0 Å². The minimum Gasteiger partial charge on any atom is -0.423 e. The van der Waals surface area contributed by atoms with Crippen LogP contribution in [0.3, 0.4) is 0 Å². The molecule has 5 rings (SSSR count). The second kappa shape index (κ2) is 19.7. The highest BCUT2D eigenvalue weighted by molar-refractivity contribution is 5.97. The second-order valence-corrected chi connectivity index (χ2v) is 12.5. The van der Waals surface area contributed by atoms with Gasteiger partial charge < -0.3 is 19.7 Å². The fourth-order valence-electron chi connectivity index (χ4n) is 3.61. The molecule has 2 heterocycles. The third kappa shape index (κ3) is 18.7. The molecule has 5 nitrogen and oxygen atoms in total. The molecule has 0 atom stereocenters. The van der Waals surface area contributed by atoms with Crippen LogP contribution in [0.2, 0.25) is 0 Å². The van der Waals surface area contributed by atoms with Gasteiger partial charge in [-0.1, -0.05) is 109 Å². The van der Waals surface area contributed by atoms with Gasteiger partial charge in [0.1, 0.15) is 0 Å². The highest BCUT2D eigenvalue weighted by Gasteiger charge is 2.36. The highest BCUT2D eigenvalue weighted by atomic mass is 19.2. The monoisotopic (exact) mass is 594 g/mol. The van der Waals surface area contributed by atoms with Gasteiger partial charge in [-0.3, -0.25) is 4.79 Å². The zero-order chi connectivity index (χ0) is 32.4. The molecule has 1 fully saturated rings. The summed E-state index contributed by atoms with van der Waals surface area (Å²) in [5.74, 6) is 2.92. The molecule has 0 unspecified atom stereocenters.